The van der Waals surface area contributed by atoms with Crippen LogP contribution in [0.2, 0.25) is 0 Å². The minimum absolute atomic E-state index is 0.134. The second-order valence-corrected chi connectivity index (χ2v) is 9.83. The number of hydrogen-bond acceptors (Lipinski definition) is 8. The largest absolute Gasteiger partial charge is 0.497 e. The van der Waals surface area contributed by atoms with Gasteiger partial charge in [-0.05, 0) is 55.0 Å². The standard InChI is InChI=1S/C30H31FN6O4/c1-4-14-32-28(38)30(2)17-40-27(41-18-30)26-36-24(20-7-9-21(31)10-8-20)25(37-26)23-13-15-33-29(35-23)34-16-19-5-11-22(39-3)12-6-19/h4-13,15,27H,1,14,16-18H2,2-3H3,(H,32,38)(H,36,37)(H,33,34,35). The smallest absolute Gasteiger partial charge is 0.230 e. The van der Waals surface area contributed by atoms with Crippen molar-refractivity contribution in [3.05, 3.63) is 90.7 Å². The molecular formula is C30H31FN6O4. The molecular weight excluding hydrogens is 527 g/mol. The molecule has 0 aliphatic carbocycles. The summed E-state index contributed by atoms with van der Waals surface area (Å²) in [5.74, 6) is 1.07. The summed E-state index contributed by atoms with van der Waals surface area (Å²) < 4.78 is 30.8. The van der Waals surface area contributed by atoms with Crippen LogP contribution in [0.25, 0.3) is 22.6 Å². The third-order valence-corrected chi connectivity index (χ3v) is 6.65. The number of nitrogens with zero attached hydrogens (tertiary/aromatic N) is 3. The number of carbonyl (C=O) groups is 1. The molecule has 1 aliphatic rings. The first-order valence-electron chi connectivity index (χ1n) is 13.1. The van der Waals surface area contributed by atoms with Crippen LogP contribution in [-0.4, -0.2) is 52.7 Å². The van der Waals surface area contributed by atoms with Crippen molar-refractivity contribution < 1.29 is 23.4 Å². The number of hydrogen-bond donors (Lipinski definition) is 3. The van der Waals surface area contributed by atoms with Gasteiger partial charge < -0.3 is 29.8 Å². The normalized spacial score (nSPS) is 18.5. The molecule has 1 amide bonds. The van der Waals surface area contributed by atoms with E-state index >= 15 is 0 Å². The number of benzene rings is 2. The second-order valence-electron chi connectivity index (χ2n) is 9.83. The first-order valence-corrected chi connectivity index (χ1v) is 13.1. The maximum Gasteiger partial charge on any atom is 0.230 e. The van der Waals surface area contributed by atoms with Gasteiger partial charge in [-0.3, -0.25) is 4.79 Å². The number of nitrogens with one attached hydrogen (secondary N) is 3. The molecule has 10 nitrogen and oxygen atoms in total. The minimum atomic E-state index is -0.855. The van der Waals surface area contributed by atoms with Gasteiger partial charge in [-0.2, -0.15) is 0 Å². The van der Waals surface area contributed by atoms with Crippen LogP contribution >= 0.6 is 0 Å². The van der Waals surface area contributed by atoms with Crippen LogP contribution in [0, 0.1) is 11.2 Å². The predicted molar refractivity (Wildman–Crippen MR) is 151 cm³/mol. The van der Waals surface area contributed by atoms with E-state index < -0.39 is 11.7 Å². The summed E-state index contributed by atoms with van der Waals surface area (Å²) >= 11 is 0. The minimum Gasteiger partial charge on any atom is -0.497 e. The molecule has 1 saturated heterocycles. The highest BCUT2D eigenvalue weighted by atomic mass is 19.1. The van der Waals surface area contributed by atoms with Crippen molar-refractivity contribution in [3.63, 3.8) is 0 Å². The number of aromatic amines is 1. The van der Waals surface area contributed by atoms with E-state index in [0.717, 1.165) is 11.3 Å². The van der Waals surface area contributed by atoms with Crippen molar-refractivity contribution in [2.75, 3.05) is 32.2 Å². The summed E-state index contributed by atoms with van der Waals surface area (Å²) in [7, 11) is 1.63. The third-order valence-electron chi connectivity index (χ3n) is 6.65. The lowest BCUT2D eigenvalue weighted by Crippen LogP contribution is -2.48. The average Bonchev–Trinajstić information content (AvgIpc) is 3.45. The van der Waals surface area contributed by atoms with Gasteiger partial charge in [0.2, 0.25) is 18.1 Å². The first kappa shape index (κ1) is 27.9. The number of imidazole rings is 1. The number of rotatable bonds is 10. The number of methoxy groups -OCH3 is 1. The molecule has 0 atom stereocenters. The Bertz CT molecular complexity index is 1500. The van der Waals surface area contributed by atoms with Crippen LogP contribution in [0.4, 0.5) is 10.3 Å². The van der Waals surface area contributed by atoms with Crippen LogP contribution in [0.1, 0.15) is 24.6 Å². The van der Waals surface area contributed by atoms with Crippen molar-refractivity contribution in [1.29, 1.82) is 0 Å². The van der Waals surface area contributed by atoms with Crippen LogP contribution in [-0.2, 0) is 20.8 Å². The van der Waals surface area contributed by atoms with E-state index in [0.29, 0.717) is 47.5 Å². The fraction of sp³-hybridized carbons (Fsp3) is 0.267. The Hall–Kier alpha value is -4.61. The number of anilines is 1. The van der Waals surface area contributed by atoms with E-state index in [4.69, 9.17) is 24.2 Å². The lowest BCUT2D eigenvalue weighted by molar-refractivity contribution is -0.230. The van der Waals surface area contributed by atoms with E-state index in [1.54, 1.807) is 44.5 Å². The van der Waals surface area contributed by atoms with Crippen molar-refractivity contribution >= 4 is 11.9 Å². The fourth-order valence-corrected chi connectivity index (χ4v) is 4.29. The Morgan fingerprint density at radius 3 is 2.56 bits per heavy atom. The Labute approximate surface area is 237 Å². The zero-order valence-corrected chi connectivity index (χ0v) is 22.8. The highest BCUT2D eigenvalue weighted by Crippen LogP contribution is 2.35. The summed E-state index contributed by atoms with van der Waals surface area (Å²) in [5, 5.41) is 6.03. The maximum atomic E-state index is 13.7. The molecule has 41 heavy (non-hydrogen) atoms. The number of amides is 1. The highest BCUT2D eigenvalue weighted by Gasteiger charge is 2.40. The van der Waals surface area contributed by atoms with Crippen molar-refractivity contribution in [3.8, 4) is 28.4 Å². The molecule has 0 saturated carbocycles. The van der Waals surface area contributed by atoms with Crippen LogP contribution in [0.3, 0.4) is 0 Å². The molecule has 3 heterocycles. The molecule has 0 radical (unpaired) electrons. The average molecular weight is 559 g/mol. The van der Waals surface area contributed by atoms with Crippen molar-refractivity contribution in [1.82, 2.24) is 25.3 Å². The molecule has 212 valence electrons. The molecule has 1 fully saturated rings. The van der Waals surface area contributed by atoms with Gasteiger partial charge in [0.15, 0.2) is 5.82 Å². The van der Waals surface area contributed by atoms with Gasteiger partial charge in [-0.25, -0.2) is 19.3 Å². The predicted octanol–water partition coefficient (Wildman–Crippen LogP) is 4.65. The molecule has 11 heteroatoms. The molecule has 0 bridgehead atoms. The molecule has 2 aromatic heterocycles. The molecule has 5 rings (SSSR count). The molecule has 1 aliphatic heterocycles. The van der Waals surface area contributed by atoms with Crippen LogP contribution < -0.4 is 15.4 Å². The van der Waals surface area contributed by atoms with Gasteiger partial charge in [0.1, 0.15) is 11.6 Å². The van der Waals surface area contributed by atoms with Gasteiger partial charge >= 0.3 is 0 Å². The topological polar surface area (TPSA) is 123 Å². The zero-order valence-electron chi connectivity index (χ0n) is 22.8. The van der Waals surface area contributed by atoms with E-state index in [1.807, 2.05) is 24.3 Å². The fourth-order valence-electron chi connectivity index (χ4n) is 4.29. The van der Waals surface area contributed by atoms with Crippen molar-refractivity contribution in [2.24, 2.45) is 5.41 Å². The maximum absolute atomic E-state index is 13.7. The Balaban J connectivity index is 1.39. The number of carbonyl (C=O) groups excluding carboxylic acids is 1. The SMILES string of the molecule is C=CCNC(=O)C1(C)COC(c2nc(-c3ccc(F)cc3)c(-c3ccnc(NCc4ccc(OC)cc4)n3)[nH]2)OC1. The van der Waals surface area contributed by atoms with Gasteiger partial charge in [-0.1, -0.05) is 18.2 Å². The van der Waals surface area contributed by atoms with E-state index in [1.165, 1.54) is 12.1 Å². The van der Waals surface area contributed by atoms with Crippen molar-refractivity contribution in [2.45, 2.75) is 19.8 Å². The quantitative estimate of drug-likeness (QED) is 0.241. The number of H-pyrrole nitrogens is 1. The number of halogens is 1. The molecule has 4 aromatic rings. The number of ether oxygens (including phenoxy) is 3. The van der Waals surface area contributed by atoms with Gasteiger partial charge in [0.05, 0.1) is 42.8 Å². The highest BCUT2D eigenvalue weighted by molar-refractivity contribution is 5.82. The van der Waals surface area contributed by atoms with Gasteiger partial charge in [-0.15, -0.1) is 6.58 Å². The summed E-state index contributed by atoms with van der Waals surface area (Å²) in [4.78, 5) is 29.7. The van der Waals surface area contributed by atoms with Crippen LogP contribution in [0.5, 0.6) is 5.75 Å². The van der Waals surface area contributed by atoms with Crippen LogP contribution in [0.15, 0.2) is 73.4 Å². The monoisotopic (exact) mass is 558 g/mol. The Morgan fingerprint density at radius 1 is 1.15 bits per heavy atom. The number of aromatic nitrogens is 4. The molecule has 3 N–H and O–H groups in total. The Morgan fingerprint density at radius 2 is 1.88 bits per heavy atom. The lowest BCUT2D eigenvalue weighted by atomic mass is 9.91. The van der Waals surface area contributed by atoms with Gasteiger partial charge in [0.25, 0.3) is 0 Å². The zero-order chi connectivity index (χ0) is 28.8. The molecule has 2 aromatic carbocycles. The Kier molecular flexibility index (Phi) is 8.37. The first-order chi connectivity index (χ1) is 19.9. The molecule has 0 spiro atoms. The van der Waals surface area contributed by atoms with E-state index in [9.17, 15) is 9.18 Å². The lowest BCUT2D eigenvalue weighted by Gasteiger charge is -2.35. The third kappa shape index (κ3) is 6.42. The summed E-state index contributed by atoms with van der Waals surface area (Å²) in [6.07, 6.45) is 2.43. The van der Waals surface area contributed by atoms with Gasteiger partial charge in [0, 0.05) is 24.8 Å². The second kappa shape index (κ2) is 12.3. The summed E-state index contributed by atoms with van der Waals surface area (Å²) in [6, 6.07) is 15.5. The molecule has 0 unspecified atom stereocenters. The van der Waals surface area contributed by atoms with E-state index in [2.05, 4.69) is 27.2 Å². The summed E-state index contributed by atoms with van der Waals surface area (Å²) in [5.41, 5.74) is 2.56. The van der Waals surface area contributed by atoms with E-state index in [-0.39, 0.29) is 24.9 Å². The summed E-state index contributed by atoms with van der Waals surface area (Å²) in [6.45, 7) is 6.54.